The summed E-state index contributed by atoms with van der Waals surface area (Å²) in [6, 6.07) is 0. The van der Waals surface area contributed by atoms with Crippen LogP contribution in [0.25, 0.3) is 0 Å². The predicted octanol–water partition coefficient (Wildman–Crippen LogP) is 2.89. The Morgan fingerprint density at radius 3 is 2.94 bits per heavy atom. The largest absolute Gasteiger partial charge is 0.368 e. The lowest BCUT2D eigenvalue weighted by Crippen LogP contribution is -2.07. The number of halogens is 2. The van der Waals surface area contributed by atoms with E-state index in [1.54, 1.807) is 17.5 Å². The summed E-state index contributed by atoms with van der Waals surface area (Å²) in [5, 5.41) is 6.76. The summed E-state index contributed by atoms with van der Waals surface area (Å²) in [5.41, 5.74) is 0. The first-order valence-corrected chi connectivity index (χ1v) is 6.19. The van der Waals surface area contributed by atoms with Crippen molar-refractivity contribution in [2.75, 3.05) is 11.9 Å². The van der Waals surface area contributed by atoms with Crippen LogP contribution >= 0.6 is 34.5 Å². The molecule has 0 aliphatic heterocycles. The van der Waals surface area contributed by atoms with Crippen LogP contribution in [0.3, 0.4) is 0 Å². The van der Waals surface area contributed by atoms with Crippen molar-refractivity contribution in [3.05, 3.63) is 33.1 Å². The molecular weight excluding hydrogens is 267 g/mol. The number of thiazole rings is 1. The molecule has 0 radical (unpaired) electrons. The van der Waals surface area contributed by atoms with Crippen molar-refractivity contribution in [2.24, 2.45) is 0 Å². The van der Waals surface area contributed by atoms with E-state index in [2.05, 4.69) is 20.3 Å². The molecule has 0 saturated heterocycles. The minimum absolute atomic E-state index is 0.182. The highest BCUT2D eigenvalue weighted by Gasteiger charge is 2.03. The molecule has 0 bridgehead atoms. The van der Waals surface area contributed by atoms with Gasteiger partial charge in [-0.3, -0.25) is 0 Å². The number of hydrogen-bond donors (Lipinski definition) is 1. The first kappa shape index (κ1) is 11.6. The summed E-state index contributed by atoms with van der Waals surface area (Å²) in [5.74, 6) is 0.554. The monoisotopic (exact) mass is 274 g/mol. The first-order valence-electron chi connectivity index (χ1n) is 4.56. The van der Waals surface area contributed by atoms with E-state index in [1.807, 2.05) is 5.38 Å². The molecule has 0 atom stereocenters. The summed E-state index contributed by atoms with van der Waals surface area (Å²) in [7, 11) is 0. The van der Waals surface area contributed by atoms with Gasteiger partial charge in [0.1, 0.15) is 10.8 Å². The zero-order chi connectivity index (χ0) is 11.4. The molecule has 7 heteroatoms. The van der Waals surface area contributed by atoms with Gasteiger partial charge in [-0.15, -0.1) is 11.3 Å². The van der Waals surface area contributed by atoms with Crippen molar-refractivity contribution in [1.29, 1.82) is 0 Å². The molecule has 1 N–H and O–H groups in total. The summed E-state index contributed by atoms with van der Waals surface area (Å²) in [4.78, 5) is 11.9. The number of nitrogens with one attached hydrogen (secondary N) is 1. The molecule has 0 aliphatic rings. The van der Waals surface area contributed by atoms with E-state index in [-0.39, 0.29) is 5.28 Å². The molecule has 84 valence electrons. The SMILES string of the molecule is Clc1ncc(Cl)c(NCCc2nccs2)n1. The van der Waals surface area contributed by atoms with Crippen LogP contribution in [0.5, 0.6) is 0 Å². The Morgan fingerprint density at radius 1 is 1.31 bits per heavy atom. The Bertz CT molecular complexity index is 461. The van der Waals surface area contributed by atoms with E-state index >= 15 is 0 Å². The molecule has 2 aromatic heterocycles. The van der Waals surface area contributed by atoms with Gasteiger partial charge in [-0.1, -0.05) is 11.6 Å². The summed E-state index contributed by atoms with van der Waals surface area (Å²) in [6.45, 7) is 0.709. The second-order valence-electron chi connectivity index (χ2n) is 2.94. The molecule has 16 heavy (non-hydrogen) atoms. The highest BCUT2D eigenvalue weighted by atomic mass is 35.5. The summed E-state index contributed by atoms with van der Waals surface area (Å²) >= 11 is 13.2. The maximum atomic E-state index is 5.90. The molecule has 0 saturated carbocycles. The minimum atomic E-state index is 0.182. The molecule has 2 heterocycles. The van der Waals surface area contributed by atoms with Crippen LogP contribution in [0.2, 0.25) is 10.3 Å². The van der Waals surface area contributed by atoms with Crippen LogP contribution in [0.15, 0.2) is 17.8 Å². The van der Waals surface area contributed by atoms with Crippen molar-refractivity contribution in [1.82, 2.24) is 15.0 Å². The topological polar surface area (TPSA) is 50.7 Å². The summed E-state index contributed by atoms with van der Waals surface area (Å²) in [6.07, 6.45) is 4.09. The molecule has 4 nitrogen and oxygen atoms in total. The first-order chi connectivity index (χ1) is 7.75. The Balaban J connectivity index is 1.92. The van der Waals surface area contributed by atoms with Crippen molar-refractivity contribution in [2.45, 2.75) is 6.42 Å². The number of hydrogen-bond acceptors (Lipinski definition) is 5. The maximum absolute atomic E-state index is 5.90. The van der Waals surface area contributed by atoms with Crippen molar-refractivity contribution in [3.63, 3.8) is 0 Å². The lowest BCUT2D eigenvalue weighted by atomic mass is 10.4. The lowest BCUT2D eigenvalue weighted by molar-refractivity contribution is 0.982. The van der Waals surface area contributed by atoms with E-state index < -0.39 is 0 Å². The molecule has 0 unspecified atom stereocenters. The Morgan fingerprint density at radius 2 is 2.19 bits per heavy atom. The van der Waals surface area contributed by atoms with E-state index in [9.17, 15) is 0 Å². The third-order valence-electron chi connectivity index (χ3n) is 1.83. The second kappa shape index (κ2) is 5.43. The van der Waals surface area contributed by atoms with Crippen LogP contribution in [0.1, 0.15) is 5.01 Å². The molecular formula is C9H8Cl2N4S. The fourth-order valence-corrected chi connectivity index (χ4v) is 2.05. The van der Waals surface area contributed by atoms with Gasteiger partial charge in [0.05, 0.1) is 11.2 Å². The third-order valence-corrected chi connectivity index (χ3v) is 3.13. The zero-order valence-corrected chi connectivity index (χ0v) is 10.5. The highest BCUT2D eigenvalue weighted by Crippen LogP contribution is 2.19. The third kappa shape index (κ3) is 3.04. The van der Waals surface area contributed by atoms with Gasteiger partial charge in [-0.25, -0.2) is 9.97 Å². The van der Waals surface area contributed by atoms with Gasteiger partial charge in [-0.05, 0) is 11.6 Å². The standard InChI is InChI=1S/C9H8Cl2N4S/c10-6-5-14-9(11)15-8(6)13-2-1-7-12-3-4-16-7/h3-5H,1-2H2,(H,13,14,15). The van der Waals surface area contributed by atoms with Crippen molar-refractivity contribution >= 4 is 40.4 Å². The molecule has 0 amide bonds. The van der Waals surface area contributed by atoms with E-state index in [1.165, 1.54) is 6.20 Å². The number of rotatable bonds is 4. The van der Waals surface area contributed by atoms with Gasteiger partial charge in [0.2, 0.25) is 5.28 Å². The molecule has 0 fully saturated rings. The average molecular weight is 275 g/mol. The second-order valence-corrected chi connectivity index (χ2v) is 4.66. The van der Waals surface area contributed by atoms with Gasteiger partial charge in [0, 0.05) is 24.5 Å². The summed E-state index contributed by atoms with van der Waals surface area (Å²) < 4.78 is 0. The maximum Gasteiger partial charge on any atom is 0.224 e. The molecule has 0 aromatic carbocycles. The molecule has 2 rings (SSSR count). The number of nitrogens with zero attached hydrogens (tertiary/aromatic N) is 3. The van der Waals surface area contributed by atoms with Crippen molar-refractivity contribution < 1.29 is 0 Å². The fraction of sp³-hybridized carbons (Fsp3) is 0.222. The molecule has 0 spiro atoms. The van der Waals surface area contributed by atoms with Crippen LogP contribution in [0, 0.1) is 0 Å². The zero-order valence-electron chi connectivity index (χ0n) is 8.15. The number of anilines is 1. The van der Waals surface area contributed by atoms with Gasteiger partial charge < -0.3 is 5.32 Å². The number of aromatic nitrogens is 3. The van der Waals surface area contributed by atoms with Crippen LogP contribution in [-0.2, 0) is 6.42 Å². The predicted molar refractivity (Wildman–Crippen MR) is 66.4 cm³/mol. The van der Waals surface area contributed by atoms with Gasteiger partial charge in [0.25, 0.3) is 0 Å². The smallest absolute Gasteiger partial charge is 0.224 e. The highest BCUT2D eigenvalue weighted by molar-refractivity contribution is 7.09. The van der Waals surface area contributed by atoms with Gasteiger partial charge in [-0.2, -0.15) is 4.98 Å². The molecule has 0 aliphatic carbocycles. The Labute approximate surface area is 107 Å². The molecule has 2 aromatic rings. The minimum Gasteiger partial charge on any atom is -0.368 e. The van der Waals surface area contributed by atoms with Gasteiger partial charge >= 0.3 is 0 Å². The quantitative estimate of drug-likeness (QED) is 0.872. The van der Waals surface area contributed by atoms with Crippen LogP contribution in [0.4, 0.5) is 5.82 Å². The van der Waals surface area contributed by atoms with E-state index in [0.29, 0.717) is 17.4 Å². The van der Waals surface area contributed by atoms with Crippen LogP contribution < -0.4 is 5.32 Å². The van der Waals surface area contributed by atoms with Crippen LogP contribution in [-0.4, -0.2) is 21.5 Å². The lowest BCUT2D eigenvalue weighted by Gasteiger charge is -2.05. The van der Waals surface area contributed by atoms with Gasteiger partial charge in [0.15, 0.2) is 0 Å². The Kier molecular flexibility index (Phi) is 3.93. The van der Waals surface area contributed by atoms with E-state index in [0.717, 1.165) is 11.4 Å². The normalized spacial score (nSPS) is 10.4. The van der Waals surface area contributed by atoms with Crippen molar-refractivity contribution in [3.8, 4) is 0 Å². The average Bonchev–Trinajstić information content (AvgIpc) is 2.76. The Hall–Kier alpha value is -0.910. The van der Waals surface area contributed by atoms with E-state index in [4.69, 9.17) is 23.2 Å². The fourth-order valence-electron chi connectivity index (χ4n) is 1.13.